The van der Waals surface area contributed by atoms with Gasteiger partial charge in [0.25, 0.3) is 0 Å². The van der Waals surface area contributed by atoms with Crippen molar-refractivity contribution in [1.29, 1.82) is 0 Å². The SMILES string of the molecule is CCCCC(C)(O)CCCC1CCCC1(C)CCC1CCC=C2CC(C)(O)CCC21C. The van der Waals surface area contributed by atoms with Gasteiger partial charge in [0.1, 0.15) is 0 Å². The van der Waals surface area contributed by atoms with Gasteiger partial charge in [-0.25, -0.2) is 0 Å². The molecule has 2 heteroatoms. The Morgan fingerprint density at radius 1 is 1.00 bits per heavy atom. The fraction of sp³-hybridized carbons (Fsp3) is 0.931. The van der Waals surface area contributed by atoms with Crippen molar-refractivity contribution in [2.75, 3.05) is 0 Å². The number of allylic oxidation sites excluding steroid dienone is 1. The van der Waals surface area contributed by atoms with Crippen molar-refractivity contribution in [3.05, 3.63) is 11.6 Å². The minimum Gasteiger partial charge on any atom is -0.390 e. The summed E-state index contributed by atoms with van der Waals surface area (Å²) in [7, 11) is 0. The first-order chi connectivity index (χ1) is 14.5. The van der Waals surface area contributed by atoms with Gasteiger partial charge in [-0.15, -0.1) is 0 Å². The molecular weight excluding hydrogens is 380 g/mol. The molecule has 2 saturated carbocycles. The number of hydrogen-bond acceptors (Lipinski definition) is 2. The molecule has 0 aromatic rings. The maximum absolute atomic E-state index is 10.7. The lowest BCUT2D eigenvalue weighted by Crippen LogP contribution is -2.43. The topological polar surface area (TPSA) is 40.5 Å². The summed E-state index contributed by atoms with van der Waals surface area (Å²) in [6.07, 6.45) is 21.6. The molecule has 6 unspecified atom stereocenters. The van der Waals surface area contributed by atoms with Crippen LogP contribution in [0.5, 0.6) is 0 Å². The molecule has 3 aliphatic rings. The standard InChI is InChI=1S/C29H52O2/c1-6-7-17-27(3,30)18-10-14-23-13-9-16-26(23,2)19-15-24-11-8-12-25-22-28(4,31)20-21-29(24,25)5/h12,23-24,30-31H,6-11,13-22H2,1-5H3. The van der Waals surface area contributed by atoms with Crippen molar-refractivity contribution in [2.24, 2.45) is 22.7 Å². The van der Waals surface area contributed by atoms with E-state index in [0.717, 1.165) is 50.4 Å². The molecule has 0 heterocycles. The number of hydrogen-bond donors (Lipinski definition) is 2. The van der Waals surface area contributed by atoms with Crippen LogP contribution in [0.3, 0.4) is 0 Å². The predicted molar refractivity (Wildman–Crippen MR) is 132 cm³/mol. The highest BCUT2D eigenvalue weighted by Gasteiger charge is 2.47. The third-order valence-electron chi connectivity index (χ3n) is 9.98. The minimum atomic E-state index is -0.492. The van der Waals surface area contributed by atoms with E-state index in [4.69, 9.17) is 0 Å². The van der Waals surface area contributed by atoms with Crippen LogP contribution < -0.4 is 0 Å². The van der Waals surface area contributed by atoms with E-state index in [2.05, 4.69) is 26.8 Å². The van der Waals surface area contributed by atoms with Crippen molar-refractivity contribution < 1.29 is 10.2 Å². The molecule has 0 aromatic heterocycles. The van der Waals surface area contributed by atoms with Gasteiger partial charge in [-0.3, -0.25) is 0 Å². The van der Waals surface area contributed by atoms with Crippen LogP contribution in [0.15, 0.2) is 11.6 Å². The van der Waals surface area contributed by atoms with Crippen LogP contribution >= 0.6 is 0 Å². The lowest BCUT2D eigenvalue weighted by Gasteiger charge is -2.50. The number of fused-ring (bicyclic) bond motifs is 1. The van der Waals surface area contributed by atoms with E-state index in [-0.39, 0.29) is 0 Å². The van der Waals surface area contributed by atoms with E-state index >= 15 is 0 Å². The second-order valence-corrected chi connectivity index (χ2v) is 12.9. The van der Waals surface area contributed by atoms with Crippen molar-refractivity contribution in [3.8, 4) is 0 Å². The fourth-order valence-corrected chi connectivity index (χ4v) is 7.44. The summed E-state index contributed by atoms with van der Waals surface area (Å²) < 4.78 is 0. The van der Waals surface area contributed by atoms with Gasteiger partial charge in [0.05, 0.1) is 11.2 Å². The predicted octanol–water partition coefficient (Wildman–Crippen LogP) is 7.96. The van der Waals surface area contributed by atoms with E-state index in [0.29, 0.717) is 10.8 Å². The molecule has 0 aromatic carbocycles. The van der Waals surface area contributed by atoms with E-state index in [1.807, 2.05) is 13.8 Å². The average molecular weight is 433 g/mol. The van der Waals surface area contributed by atoms with Gasteiger partial charge < -0.3 is 10.2 Å². The highest BCUT2D eigenvalue weighted by molar-refractivity contribution is 5.23. The summed E-state index contributed by atoms with van der Waals surface area (Å²) in [5.41, 5.74) is 1.42. The molecular formula is C29H52O2. The third-order valence-corrected chi connectivity index (χ3v) is 9.98. The van der Waals surface area contributed by atoms with Gasteiger partial charge in [0.15, 0.2) is 0 Å². The second-order valence-electron chi connectivity index (χ2n) is 12.9. The Labute approximate surface area is 193 Å². The van der Waals surface area contributed by atoms with Crippen molar-refractivity contribution >= 4 is 0 Å². The summed E-state index contributed by atoms with van der Waals surface area (Å²) >= 11 is 0. The van der Waals surface area contributed by atoms with Crippen LogP contribution in [0.25, 0.3) is 0 Å². The van der Waals surface area contributed by atoms with E-state index in [1.54, 1.807) is 5.57 Å². The van der Waals surface area contributed by atoms with Gasteiger partial charge in [0, 0.05) is 0 Å². The minimum absolute atomic E-state index is 0.322. The summed E-state index contributed by atoms with van der Waals surface area (Å²) in [6.45, 7) is 11.4. The van der Waals surface area contributed by atoms with E-state index < -0.39 is 11.2 Å². The van der Waals surface area contributed by atoms with Gasteiger partial charge in [0.2, 0.25) is 0 Å². The summed E-state index contributed by atoms with van der Waals surface area (Å²) in [4.78, 5) is 0. The molecule has 0 amide bonds. The Bertz CT molecular complexity index is 618. The van der Waals surface area contributed by atoms with Crippen molar-refractivity contribution in [2.45, 2.75) is 149 Å². The molecule has 3 aliphatic carbocycles. The Morgan fingerprint density at radius 2 is 1.74 bits per heavy atom. The Kier molecular flexibility index (Phi) is 8.06. The van der Waals surface area contributed by atoms with E-state index in [9.17, 15) is 10.2 Å². The Hall–Kier alpha value is -0.340. The van der Waals surface area contributed by atoms with Crippen LogP contribution in [-0.2, 0) is 0 Å². The molecule has 0 saturated heterocycles. The van der Waals surface area contributed by atoms with Crippen LogP contribution in [0.4, 0.5) is 0 Å². The number of unbranched alkanes of at least 4 members (excludes halogenated alkanes) is 1. The van der Waals surface area contributed by atoms with Gasteiger partial charge >= 0.3 is 0 Å². The quantitative estimate of drug-likeness (QED) is 0.344. The highest BCUT2D eigenvalue weighted by atomic mass is 16.3. The lowest BCUT2D eigenvalue weighted by molar-refractivity contribution is -0.00675. The van der Waals surface area contributed by atoms with Crippen LogP contribution in [0, 0.1) is 22.7 Å². The average Bonchev–Trinajstić information content (AvgIpc) is 3.06. The first-order valence-corrected chi connectivity index (χ1v) is 13.6. The summed E-state index contributed by atoms with van der Waals surface area (Å²) in [5.74, 6) is 1.63. The summed E-state index contributed by atoms with van der Waals surface area (Å²) in [5, 5.41) is 21.3. The van der Waals surface area contributed by atoms with E-state index in [1.165, 1.54) is 64.2 Å². The fourth-order valence-electron chi connectivity index (χ4n) is 7.44. The smallest absolute Gasteiger partial charge is 0.0657 e. The number of rotatable bonds is 10. The molecule has 2 N–H and O–H groups in total. The van der Waals surface area contributed by atoms with Gasteiger partial charge in [-0.1, -0.05) is 58.1 Å². The zero-order valence-electron chi connectivity index (χ0n) is 21.4. The molecule has 0 spiro atoms. The largest absolute Gasteiger partial charge is 0.390 e. The highest BCUT2D eigenvalue weighted by Crippen LogP contribution is 2.56. The van der Waals surface area contributed by atoms with Gasteiger partial charge in [-0.05, 0) is 114 Å². The number of aliphatic hydroxyl groups is 2. The normalized spacial score (nSPS) is 40.3. The molecule has 3 rings (SSSR count). The molecule has 6 atom stereocenters. The second kappa shape index (κ2) is 9.88. The molecule has 0 radical (unpaired) electrons. The van der Waals surface area contributed by atoms with Crippen LogP contribution in [0.2, 0.25) is 0 Å². The maximum Gasteiger partial charge on any atom is 0.0657 e. The third kappa shape index (κ3) is 6.17. The zero-order valence-corrected chi connectivity index (χ0v) is 21.4. The first-order valence-electron chi connectivity index (χ1n) is 13.6. The van der Waals surface area contributed by atoms with Crippen LogP contribution in [0.1, 0.15) is 137 Å². The molecule has 31 heavy (non-hydrogen) atoms. The molecule has 2 fully saturated rings. The molecule has 0 aliphatic heterocycles. The molecule has 180 valence electrons. The Balaban J connectivity index is 1.53. The lowest BCUT2D eigenvalue weighted by atomic mass is 9.56. The summed E-state index contributed by atoms with van der Waals surface area (Å²) in [6, 6.07) is 0. The van der Waals surface area contributed by atoms with Crippen molar-refractivity contribution in [1.82, 2.24) is 0 Å². The molecule has 0 bridgehead atoms. The van der Waals surface area contributed by atoms with Gasteiger partial charge in [-0.2, -0.15) is 0 Å². The maximum atomic E-state index is 10.7. The van der Waals surface area contributed by atoms with Crippen molar-refractivity contribution in [3.63, 3.8) is 0 Å². The first kappa shape index (κ1) is 25.3. The zero-order chi connectivity index (χ0) is 22.8. The van der Waals surface area contributed by atoms with Crippen LogP contribution in [-0.4, -0.2) is 21.4 Å². The monoisotopic (exact) mass is 432 g/mol. The molecule has 2 nitrogen and oxygen atoms in total. The Morgan fingerprint density at radius 3 is 2.48 bits per heavy atom.